The molecule has 0 aliphatic heterocycles. The van der Waals surface area contributed by atoms with Crippen molar-refractivity contribution in [2.75, 3.05) is 11.9 Å². The van der Waals surface area contributed by atoms with Crippen LogP contribution in [0.1, 0.15) is 16.7 Å². The number of hydrogen-bond donors (Lipinski definition) is 1. The van der Waals surface area contributed by atoms with E-state index >= 15 is 0 Å². The van der Waals surface area contributed by atoms with Crippen molar-refractivity contribution in [1.82, 2.24) is 4.31 Å². The number of rotatable bonds is 7. The summed E-state index contributed by atoms with van der Waals surface area (Å²) in [5.41, 5.74) is 3.45. The fourth-order valence-corrected chi connectivity index (χ4v) is 4.52. The van der Waals surface area contributed by atoms with Gasteiger partial charge in [-0.25, -0.2) is 8.42 Å². The van der Waals surface area contributed by atoms with Crippen molar-refractivity contribution in [2.45, 2.75) is 25.3 Å². The molecule has 0 unspecified atom stereocenters. The van der Waals surface area contributed by atoms with E-state index in [1.807, 2.05) is 50.2 Å². The summed E-state index contributed by atoms with van der Waals surface area (Å²) in [6, 6.07) is 21.3. The van der Waals surface area contributed by atoms with E-state index in [4.69, 9.17) is 0 Å². The Kier molecular flexibility index (Phi) is 7.07. The zero-order chi connectivity index (χ0) is 21.7. The van der Waals surface area contributed by atoms with Crippen LogP contribution in [0.4, 0.5) is 5.69 Å². The second kappa shape index (κ2) is 9.55. The normalized spacial score (nSPS) is 11.5. The van der Waals surface area contributed by atoms with E-state index in [0.29, 0.717) is 5.69 Å². The van der Waals surface area contributed by atoms with Crippen LogP contribution >= 0.6 is 15.9 Å². The van der Waals surface area contributed by atoms with E-state index in [9.17, 15) is 13.2 Å². The summed E-state index contributed by atoms with van der Waals surface area (Å²) in [7, 11) is -3.86. The van der Waals surface area contributed by atoms with Crippen LogP contribution in [0, 0.1) is 13.8 Å². The molecule has 0 bridgehead atoms. The van der Waals surface area contributed by atoms with Crippen LogP contribution in [0.15, 0.2) is 82.2 Å². The molecule has 0 saturated carbocycles. The monoisotopic (exact) mass is 486 g/mol. The number of aryl methyl sites for hydroxylation is 2. The summed E-state index contributed by atoms with van der Waals surface area (Å²) in [4.78, 5) is 12.8. The highest BCUT2D eigenvalue weighted by Crippen LogP contribution is 2.20. The van der Waals surface area contributed by atoms with Crippen molar-refractivity contribution in [3.05, 3.63) is 94.0 Å². The van der Waals surface area contributed by atoms with E-state index in [1.165, 1.54) is 4.31 Å². The summed E-state index contributed by atoms with van der Waals surface area (Å²) >= 11 is 3.38. The average molecular weight is 487 g/mol. The molecule has 0 aliphatic carbocycles. The van der Waals surface area contributed by atoms with Crippen molar-refractivity contribution >= 4 is 37.5 Å². The lowest BCUT2D eigenvalue weighted by atomic mass is 10.2. The molecule has 7 heteroatoms. The van der Waals surface area contributed by atoms with Crippen LogP contribution in [-0.4, -0.2) is 25.2 Å². The number of hydrogen-bond acceptors (Lipinski definition) is 3. The highest BCUT2D eigenvalue weighted by molar-refractivity contribution is 9.10. The molecule has 156 valence electrons. The van der Waals surface area contributed by atoms with Crippen molar-refractivity contribution in [2.24, 2.45) is 0 Å². The smallest absolute Gasteiger partial charge is 0.243 e. The fourth-order valence-electron chi connectivity index (χ4n) is 2.88. The van der Waals surface area contributed by atoms with Gasteiger partial charge in [-0.05, 0) is 55.8 Å². The molecule has 0 saturated heterocycles. The molecule has 1 amide bonds. The molecule has 0 aliphatic rings. The van der Waals surface area contributed by atoms with Gasteiger partial charge in [0.1, 0.15) is 0 Å². The maximum atomic E-state index is 13.3. The molecule has 0 radical (unpaired) electrons. The maximum Gasteiger partial charge on any atom is 0.243 e. The topological polar surface area (TPSA) is 66.5 Å². The predicted octanol–water partition coefficient (Wildman–Crippen LogP) is 4.90. The highest BCUT2D eigenvalue weighted by Gasteiger charge is 2.27. The zero-order valence-corrected chi connectivity index (χ0v) is 19.2. The third-order valence-corrected chi connectivity index (χ3v) is 6.92. The van der Waals surface area contributed by atoms with Crippen molar-refractivity contribution in [3.8, 4) is 0 Å². The number of anilines is 1. The minimum atomic E-state index is -3.86. The summed E-state index contributed by atoms with van der Waals surface area (Å²) in [6.07, 6.45) is 0. The minimum Gasteiger partial charge on any atom is -0.325 e. The van der Waals surface area contributed by atoms with Gasteiger partial charge >= 0.3 is 0 Å². The lowest BCUT2D eigenvalue weighted by Gasteiger charge is -2.22. The molecule has 30 heavy (non-hydrogen) atoms. The van der Waals surface area contributed by atoms with Gasteiger partial charge in [-0.3, -0.25) is 4.79 Å². The van der Waals surface area contributed by atoms with E-state index in [2.05, 4.69) is 21.2 Å². The molecule has 3 aromatic rings. The van der Waals surface area contributed by atoms with Crippen LogP contribution in [0.5, 0.6) is 0 Å². The van der Waals surface area contributed by atoms with E-state index in [-0.39, 0.29) is 18.0 Å². The van der Waals surface area contributed by atoms with Gasteiger partial charge in [0, 0.05) is 16.7 Å². The number of amides is 1. The number of carbonyl (C=O) groups excluding carboxylic acids is 1. The Morgan fingerprint density at radius 2 is 1.40 bits per heavy atom. The van der Waals surface area contributed by atoms with E-state index in [0.717, 1.165) is 21.2 Å². The Labute approximate surface area is 185 Å². The Morgan fingerprint density at radius 3 is 1.97 bits per heavy atom. The Hall–Kier alpha value is -2.48. The number of sulfonamides is 1. The maximum absolute atomic E-state index is 13.3. The number of nitrogens with zero attached hydrogens (tertiary/aromatic N) is 1. The lowest BCUT2D eigenvalue weighted by Crippen LogP contribution is -2.37. The summed E-state index contributed by atoms with van der Waals surface area (Å²) in [5.74, 6) is -0.397. The highest BCUT2D eigenvalue weighted by atomic mass is 79.9. The Balaban J connectivity index is 1.86. The van der Waals surface area contributed by atoms with Gasteiger partial charge in [-0.1, -0.05) is 63.5 Å². The van der Waals surface area contributed by atoms with Crippen LogP contribution < -0.4 is 5.32 Å². The van der Waals surface area contributed by atoms with Crippen LogP contribution in [-0.2, 0) is 21.4 Å². The Morgan fingerprint density at radius 1 is 0.867 bits per heavy atom. The van der Waals surface area contributed by atoms with Crippen LogP contribution in [0.3, 0.4) is 0 Å². The van der Waals surface area contributed by atoms with Gasteiger partial charge in [0.05, 0.1) is 11.4 Å². The van der Waals surface area contributed by atoms with E-state index in [1.54, 1.807) is 36.4 Å². The van der Waals surface area contributed by atoms with Crippen LogP contribution in [0.25, 0.3) is 0 Å². The molecule has 5 nitrogen and oxygen atoms in total. The van der Waals surface area contributed by atoms with Gasteiger partial charge < -0.3 is 5.32 Å². The third kappa shape index (κ3) is 5.78. The molecule has 0 aromatic heterocycles. The van der Waals surface area contributed by atoms with Gasteiger partial charge in [-0.15, -0.1) is 0 Å². The van der Waals surface area contributed by atoms with Crippen molar-refractivity contribution < 1.29 is 13.2 Å². The minimum absolute atomic E-state index is 0.0881. The molecule has 0 atom stereocenters. The summed E-state index contributed by atoms with van der Waals surface area (Å²) in [6.45, 7) is 3.65. The summed E-state index contributed by atoms with van der Waals surface area (Å²) < 4.78 is 28.7. The molecule has 0 heterocycles. The zero-order valence-electron chi connectivity index (χ0n) is 16.8. The molecular formula is C23H23BrN2O3S. The lowest BCUT2D eigenvalue weighted by molar-refractivity contribution is -0.116. The molecule has 1 N–H and O–H groups in total. The predicted molar refractivity (Wildman–Crippen MR) is 123 cm³/mol. The molecule has 3 rings (SSSR count). The van der Waals surface area contributed by atoms with Crippen LogP contribution in [0.2, 0.25) is 0 Å². The number of nitrogens with one attached hydrogen (secondary N) is 1. The van der Waals surface area contributed by atoms with Gasteiger partial charge in [0.25, 0.3) is 0 Å². The molecule has 0 spiro atoms. The van der Waals surface area contributed by atoms with Gasteiger partial charge in [-0.2, -0.15) is 4.31 Å². The van der Waals surface area contributed by atoms with Gasteiger partial charge in [0.2, 0.25) is 15.9 Å². The third-order valence-electron chi connectivity index (χ3n) is 4.59. The first kappa shape index (κ1) is 22.2. The SMILES string of the molecule is Cc1ccc(NC(=O)CN(Cc2ccc(Br)cc2)S(=O)(=O)c2ccc(C)cc2)cc1. The summed E-state index contributed by atoms with van der Waals surface area (Å²) in [5, 5.41) is 2.77. The second-order valence-electron chi connectivity index (χ2n) is 7.13. The molecular weight excluding hydrogens is 464 g/mol. The molecule has 3 aromatic carbocycles. The standard InChI is InChI=1S/C23H23BrN2O3S/c1-17-3-11-21(12-4-17)25-23(27)16-26(15-19-7-9-20(24)10-8-19)30(28,29)22-13-5-18(2)6-14-22/h3-14H,15-16H2,1-2H3,(H,25,27). The first-order valence-electron chi connectivity index (χ1n) is 9.42. The Bertz CT molecular complexity index is 1110. The fraction of sp³-hybridized carbons (Fsp3) is 0.174. The quantitative estimate of drug-likeness (QED) is 0.516. The van der Waals surface area contributed by atoms with Crippen molar-refractivity contribution in [1.29, 1.82) is 0 Å². The second-order valence-corrected chi connectivity index (χ2v) is 9.98. The van der Waals surface area contributed by atoms with Gasteiger partial charge in [0.15, 0.2) is 0 Å². The van der Waals surface area contributed by atoms with E-state index < -0.39 is 15.9 Å². The van der Waals surface area contributed by atoms with Crippen molar-refractivity contribution in [3.63, 3.8) is 0 Å². The largest absolute Gasteiger partial charge is 0.325 e. The first-order valence-corrected chi connectivity index (χ1v) is 11.6. The molecule has 0 fully saturated rings. The number of carbonyl (C=O) groups is 1. The average Bonchev–Trinajstić information content (AvgIpc) is 2.71. The number of benzene rings is 3. The number of halogens is 1. The first-order chi connectivity index (χ1) is 14.2.